The van der Waals surface area contributed by atoms with Gasteiger partial charge in [-0.3, -0.25) is 0 Å². The third kappa shape index (κ3) is 4.69. The zero-order chi connectivity index (χ0) is 6.41. The van der Waals surface area contributed by atoms with Crippen molar-refractivity contribution in [1.82, 2.24) is 0 Å². The molecule has 1 unspecified atom stereocenters. The standard InChI is InChI=1S/C7H13.Sn.3H/c1-3-5-7-6-4-2;;;;/h3,5,7H,4,6H2,1-2H3;;;;/b5-3-;;;;. The topological polar surface area (TPSA) is 0 Å². The predicted octanol–water partition coefficient (Wildman–Crippen LogP) is 1.52. The molecule has 0 aliphatic heterocycles. The molecule has 0 bridgehead atoms. The molecule has 0 aliphatic carbocycles. The molecular formula is C7H16Sn. The Labute approximate surface area is 65.4 Å². The van der Waals surface area contributed by atoms with E-state index in [0.29, 0.717) is 0 Å². The molecule has 0 amide bonds. The van der Waals surface area contributed by atoms with Gasteiger partial charge in [0.1, 0.15) is 0 Å². The minimum atomic E-state index is 0.845. The fourth-order valence-electron chi connectivity index (χ4n) is 0.880. The quantitative estimate of drug-likeness (QED) is 0.498. The van der Waals surface area contributed by atoms with Crippen LogP contribution < -0.4 is 0 Å². The van der Waals surface area contributed by atoms with Gasteiger partial charge in [-0.25, -0.2) is 0 Å². The van der Waals surface area contributed by atoms with Crippen LogP contribution in [-0.4, -0.2) is 22.5 Å². The molecule has 0 nitrogen and oxygen atoms in total. The Kier molecular flexibility index (Phi) is 6.05. The van der Waals surface area contributed by atoms with E-state index in [-0.39, 0.29) is 0 Å². The third-order valence-corrected chi connectivity index (χ3v) is 4.01. The molecule has 0 aromatic heterocycles. The summed E-state index contributed by atoms with van der Waals surface area (Å²) in [5, 5.41) is 0. The molecule has 1 atom stereocenters. The first-order valence-electron chi connectivity index (χ1n) is 3.44. The summed E-state index contributed by atoms with van der Waals surface area (Å²) < 4.78 is 0.992. The fourth-order valence-corrected chi connectivity index (χ4v) is 3.63. The van der Waals surface area contributed by atoms with Crippen molar-refractivity contribution >= 4 is 22.5 Å². The SMILES string of the molecule is C/C=C\[CH]([SnH3])CCC. The van der Waals surface area contributed by atoms with Crippen molar-refractivity contribution in [2.45, 2.75) is 30.6 Å². The zero-order valence-corrected chi connectivity index (χ0v) is 11.9. The van der Waals surface area contributed by atoms with Crippen LogP contribution in [0.15, 0.2) is 12.2 Å². The van der Waals surface area contributed by atoms with Crippen LogP contribution in [0.4, 0.5) is 0 Å². The van der Waals surface area contributed by atoms with Crippen LogP contribution in [0, 0.1) is 0 Å². The van der Waals surface area contributed by atoms with Crippen LogP contribution in [0.3, 0.4) is 0 Å². The van der Waals surface area contributed by atoms with Gasteiger partial charge >= 0.3 is 65.3 Å². The maximum atomic E-state index is 2.35. The molecule has 0 radical (unpaired) electrons. The van der Waals surface area contributed by atoms with E-state index in [2.05, 4.69) is 26.0 Å². The van der Waals surface area contributed by atoms with Crippen LogP contribution >= 0.6 is 0 Å². The van der Waals surface area contributed by atoms with E-state index in [4.69, 9.17) is 0 Å². The normalized spacial score (nSPS) is 15.2. The van der Waals surface area contributed by atoms with Crippen molar-refractivity contribution in [2.75, 3.05) is 0 Å². The first-order valence-corrected chi connectivity index (χ1v) is 6.73. The van der Waals surface area contributed by atoms with Gasteiger partial charge in [0.2, 0.25) is 0 Å². The van der Waals surface area contributed by atoms with Gasteiger partial charge in [-0.1, -0.05) is 0 Å². The molecular weight excluding hydrogens is 203 g/mol. The van der Waals surface area contributed by atoms with E-state index in [1.165, 1.54) is 12.8 Å². The van der Waals surface area contributed by atoms with Crippen molar-refractivity contribution in [1.29, 1.82) is 0 Å². The second-order valence-corrected chi connectivity index (χ2v) is 6.52. The van der Waals surface area contributed by atoms with Crippen molar-refractivity contribution in [2.24, 2.45) is 0 Å². The van der Waals surface area contributed by atoms with E-state index in [1.54, 1.807) is 0 Å². The Bertz CT molecular complexity index is 66.8. The summed E-state index contributed by atoms with van der Waals surface area (Å²) in [5.41, 5.74) is 0. The molecule has 0 aromatic rings. The average Bonchev–Trinajstić information content (AvgIpc) is 1.68. The number of allylic oxidation sites excluding steroid dienone is 2. The molecule has 0 spiro atoms. The average molecular weight is 219 g/mol. The van der Waals surface area contributed by atoms with E-state index in [1.807, 2.05) is 0 Å². The Morgan fingerprint density at radius 3 is 2.62 bits per heavy atom. The monoisotopic (exact) mass is 220 g/mol. The Morgan fingerprint density at radius 2 is 2.25 bits per heavy atom. The predicted molar refractivity (Wildman–Crippen MR) is 43.4 cm³/mol. The van der Waals surface area contributed by atoms with Gasteiger partial charge < -0.3 is 0 Å². The van der Waals surface area contributed by atoms with Gasteiger partial charge in [0, 0.05) is 0 Å². The summed E-state index contributed by atoms with van der Waals surface area (Å²) in [6, 6.07) is 0. The summed E-state index contributed by atoms with van der Waals surface area (Å²) in [5.74, 6) is 0. The first kappa shape index (κ1) is 8.54. The van der Waals surface area contributed by atoms with Crippen LogP contribution in [0.5, 0.6) is 0 Å². The summed E-state index contributed by atoms with van der Waals surface area (Å²) in [4.78, 5) is 0. The molecule has 0 heterocycles. The summed E-state index contributed by atoms with van der Waals surface area (Å²) >= 11 is 0.845. The molecule has 0 aromatic carbocycles. The van der Waals surface area contributed by atoms with E-state index in [0.717, 1.165) is 26.5 Å². The van der Waals surface area contributed by atoms with Gasteiger partial charge in [0.25, 0.3) is 0 Å². The van der Waals surface area contributed by atoms with Crippen LogP contribution in [-0.2, 0) is 0 Å². The van der Waals surface area contributed by atoms with Crippen LogP contribution in [0.2, 0.25) is 3.93 Å². The molecule has 8 heavy (non-hydrogen) atoms. The molecule has 0 saturated heterocycles. The third-order valence-electron chi connectivity index (χ3n) is 1.26. The maximum absolute atomic E-state index is 2.35. The zero-order valence-electron chi connectivity index (χ0n) is 6.15. The number of hydrogen-bond donors (Lipinski definition) is 0. The van der Waals surface area contributed by atoms with Gasteiger partial charge in [0.15, 0.2) is 0 Å². The van der Waals surface area contributed by atoms with Crippen molar-refractivity contribution in [3.63, 3.8) is 0 Å². The molecule has 0 N–H and O–H groups in total. The van der Waals surface area contributed by atoms with Crippen molar-refractivity contribution < 1.29 is 0 Å². The van der Waals surface area contributed by atoms with Crippen LogP contribution in [0.1, 0.15) is 26.7 Å². The minimum absolute atomic E-state index is 0.845. The second kappa shape index (κ2) is 5.67. The van der Waals surface area contributed by atoms with Crippen molar-refractivity contribution in [3.8, 4) is 0 Å². The molecule has 48 valence electrons. The van der Waals surface area contributed by atoms with E-state index >= 15 is 0 Å². The molecule has 1 heteroatoms. The molecule has 0 saturated carbocycles. The van der Waals surface area contributed by atoms with Gasteiger partial charge in [-0.15, -0.1) is 0 Å². The van der Waals surface area contributed by atoms with Crippen molar-refractivity contribution in [3.05, 3.63) is 12.2 Å². The van der Waals surface area contributed by atoms with Crippen LogP contribution in [0.25, 0.3) is 0 Å². The fraction of sp³-hybridized carbons (Fsp3) is 0.714. The first-order chi connectivity index (χ1) is 3.81. The summed E-state index contributed by atoms with van der Waals surface area (Å²) in [6.07, 6.45) is 7.29. The van der Waals surface area contributed by atoms with E-state index in [9.17, 15) is 0 Å². The van der Waals surface area contributed by atoms with E-state index < -0.39 is 0 Å². The Hall–Kier alpha value is 0.539. The molecule has 0 fully saturated rings. The Morgan fingerprint density at radius 1 is 1.62 bits per heavy atom. The van der Waals surface area contributed by atoms with Gasteiger partial charge in [-0.05, 0) is 0 Å². The second-order valence-electron chi connectivity index (χ2n) is 2.29. The molecule has 0 rings (SSSR count). The summed E-state index contributed by atoms with van der Waals surface area (Å²) in [6.45, 7) is 4.36. The van der Waals surface area contributed by atoms with Gasteiger partial charge in [-0.2, -0.15) is 0 Å². The number of rotatable bonds is 3. The van der Waals surface area contributed by atoms with Gasteiger partial charge in [0.05, 0.1) is 0 Å². The Balaban J connectivity index is 3.17. The number of hydrogen-bond acceptors (Lipinski definition) is 0. The summed E-state index contributed by atoms with van der Waals surface area (Å²) in [7, 11) is 0. The molecule has 0 aliphatic rings.